The predicted octanol–water partition coefficient (Wildman–Crippen LogP) is 0.575. The first-order valence-electron chi connectivity index (χ1n) is 7.90. The van der Waals surface area contributed by atoms with Crippen molar-refractivity contribution in [3.63, 3.8) is 0 Å². The van der Waals surface area contributed by atoms with Crippen LogP contribution in [0, 0.1) is 0 Å². The third kappa shape index (κ3) is 4.31. The number of anilines is 1. The molecule has 0 atom stereocenters. The highest BCUT2D eigenvalue weighted by Gasteiger charge is 2.21. The van der Waals surface area contributed by atoms with Crippen molar-refractivity contribution in [2.45, 2.75) is 19.5 Å². The summed E-state index contributed by atoms with van der Waals surface area (Å²) in [6.07, 6.45) is 2.02. The van der Waals surface area contributed by atoms with E-state index in [0.717, 1.165) is 19.6 Å². The monoisotopic (exact) mass is 373 g/mol. The van der Waals surface area contributed by atoms with Crippen LogP contribution in [0.2, 0.25) is 5.02 Å². The van der Waals surface area contributed by atoms with E-state index in [0.29, 0.717) is 30.0 Å². The number of hydrogen-bond donors (Lipinski definition) is 0. The summed E-state index contributed by atoms with van der Waals surface area (Å²) in [4.78, 5) is 17.9. The first-order chi connectivity index (χ1) is 12.0. The summed E-state index contributed by atoms with van der Waals surface area (Å²) in [6, 6.07) is 0. The van der Waals surface area contributed by atoms with Crippen LogP contribution in [-0.4, -0.2) is 68.8 Å². The minimum Gasteiger partial charge on any atom is -0.366 e. The van der Waals surface area contributed by atoms with Crippen molar-refractivity contribution >= 4 is 17.3 Å². The Morgan fingerprint density at radius 1 is 1.08 bits per heavy atom. The van der Waals surface area contributed by atoms with Crippen LogP contribution in [0.1, 0.15) is 0 Å². The molecule has 11 heteroatoms. The third-order valence-corrected chi connectivity index (χ3v) is 4.43. The number of aromatic nitrogens is 5. The zero-order valence-corrected chi connectivity index (χ0v) is 14.2. The zero-order chi connectivity index (χ0) is 17.8. The van der Waals surface area contributed by atoms with Crippen molar-refractivity contribution < 1.29 is 8.78 Å². The van der Waals surface area contributed by atoms with Gasteiger partial charge in [0.05, 0.1) is 30.8 Å². The first kappa shape index (κ1) is 17.7. The lowest BCUT2D eigenvalue weighted by Gasteiger charge is -2.36. The van der Waals surface area contributed by atoms with E-state index in [-0.39, 0.29) is 5.02 Å². The normalized spacial score (nSPS) is 15.9. The Labute approximate surface area is 147 Å². The summed E-state index contributed by atoms with van der Waals surface area (Å²) in [5.41, 5.74) is -0.197. The molecule has 0 spiro atoms. The van der Waals surface area contributed by atoms with Gasteiger partial charge in [-0.05, 0) is 0 Å². The number of piperazine rings is 1. The van der Waals surface area contributed by atoms with Crippen LogP contribution in [-0.2, 0) is 13.1 Å². The molecule has 0 radical (unpaired) electrons. The van der Waals surface area contributed by atoms with E-state index >= 15 is 0 Å². The molecule has 1 aliphatic heterocycles. The maximum absolute atomic E-state index is 12.4. The molecule has 1 aliphatic rings. The van der Waals surface area contributed by atoms with Crippen LogP contribution in [0.4, 0.5) is 14.5 Å². The molecule has 0 bridgehead atoms. The maximum atomic E-state index is 12.4. The average molecular weight is 374 g/mol. The van der Waals surface area contributed by atoms with Crippen LogP contribution < -0.4 is 10.5 Å². The second-order valence-electron chi connectivity index (χ2n) is 5.68. The van der Waals surface area contributed by atoms with Gasteiger partial charge >= 0.3 is 0 Å². The fourth-order valence-corrected chi connectivity index (χ4v) is 3.01. The van der Waals surface area contributed by atoms with Gasteiger partial charge in [-0.1, -0.05) is 11.6 Å². The van der Waals surface area contributed by atoms with Gasteiger partial charge in [-0.3, -0.25) is 9.69 Å². The summed E-state index contributed by atoms with van der Waals surface area (Å²) in [5.74, 6) is 0. The summed E-state index contributed by atoms with van der Waals surface area (Å²) >= 11 is 6.09. The molecule has 1 fully saturated rings. The molecular weight excluding hydrogens is 356 g/mol. The highest BCUT2D eigenvalue weighted by molar-refractivity contribution is 6.33. The van der Waals surface area contributed by atoms with E-state index in [9.17, 15) is 13.6 Å². The molecule has 2 aromatic heterocycles. The molecule has 2 aromatic rings. The number of rotatable bonds is 6. The Balaban J connectivity index is 1.59. The van der Waals surface area contributed by atoms with Crippen molar-refractivity contribution in [3.05, 3.63) is 34.0 Å². The fraction of sp³-hybridized carbons (Fsp3) is 0.571. The molecule has 0 aromatic carbocycles. The highest BCUT2D eigenvalue weighted by atomic mass is 35.5. The molecule has 1 saturated heterocycles. The summed E-state index contributed by atoms with van der Waals surface area (Å²) in [6.45, 7) is 3.70. The Bertz CT molecular complexity index is 744. The van der Waals surface area contributed by atoms with Crippen molar-refractivity contribution in [1.82, 2.24) is 29.7 Å². The largest absolute Gasteiger partial charge is 0.366 e. The zero-order valence-electron chi connectivity index (χ0n) is 13.4. The van der Waals surface area contributed by atoms with Gasteiger partial charge in [0, 0.05) is 32.7 Å². The van der Waals surface area contributed by atoms with Gasteiger partial charge in [0.1, 0.15) is 11.6 Å². The number of nitrogens with zero attached hydrogens (tertiary/aromatic N) is 7. The Hall–Kier alpha value is -2.07. The summed E-state index contributed by atoms with van der Waals surface area (Å²) in [5, 5.41) is 11.9. The average Bonchev–Trinajstić information content (AvgIpc) is 3.11. The molecule has 0 amide bonds. The first-order valence-corrected chi connectivity index (χ1v) is 8.27. The SMILES string of the molecule is O=c1c(Cl)c(N2CCN(CCn3nccn3)CC2)cnn1CC(F)F. The quantitative estimate of drug-likeness (QED) is 0.737. The van der Waals surface area contributed by atoms with E-state index < -0.39 is 18.5 Å². The van der Waals surface area contributed by atoms with Gasteiger partial charge in [-0.25, -0.2) is 13.5 Å². The molecule has 3 rings (SSSR count). The third-order valence-electron chi connectivity index (χ3n) is 4.07. The van der Waals surface area contributed by atoms with E-state index in [1.165, 1.54) is 6.20 Å². The lowest BCUT2D eigenvalue weighted by Crippen LogP contribution is -2.48. The van der Waals surface area contributed by atoms with Crippen LogP contribution in [0.25, 0.3) is 0 Å². The van der Waals surface area contributed by atoms with Gasteiger partial charge in [-0.2, -0.15) is 20.1 Å². The summed E-state index contributed by atoms with van der Waals surface area (Å²) < 4.78 is 25.6. The van der Waals surface area contributed by atoms with Crippen LogP contribution in [0.5, 0.6) is 0 Å². The molecule has 136 valence electrons. The van der Waals surface area contributed by atoms with Gasteiger partial charge < -0.3 is 4.90 Å². The molecule has 0 aliphatic carbocycles. The van der Waals surface area contributed by atoms with Crippen molar-refractivity contribution in [1.29, 1.82) is 0 Å². The second-order valence-corrected chi connectivity index (χ2v) is 6.05. The van der Waals surface area contributed by atoms with Gasteiger partial charge in [0.15, 0.2) is 0 Å². The van der Waals surface area contributed by atoms with E-state index in [2.05, 4.69) is 20.2 Å². The lowest BCUT2D eigenvalue weighted by atomic mass is 10.3. The highest BCUT2D eigenvalue weighted by Crippen LogP contribution is 2.22. The predicted molar refractivity (Wildman–Crippen MR) is 88.2 cm³/mol. The number of alkyl halides is 2. The fourth-order valence-electron chi connectivity index (χ4n) is 2.74. The van der Waals surface area contributed by atoms with Crippen molar-refractivity contribution in [2.75, 3.05) is 37.6 Å². The van der Waals surface area contributed by atoms with Crippen LogP contribution in [0.3, 0.4) is 0 Å². The minimum atomic E-state index is -2.65. The molecular formula is C14H18ClF2N7O. The molecule has 3 heterocycles. The van der Waals surface area contributed by atoms with Gasteiger partial charge in [0.2, 0.25) is 0 Å². The minimum absolute atomic E-state index is 0.0650. The Morgan fingerprint density at radius 3 is 2.40 bits per heavy atom. The molecule has 0 saturated carbocycles. The smallest absolute Gasteiger partial charge is 0.287 e. The number of hydrogen-bond acceptors (Lipinski definition) is 6. The molecule has 8 nitrogen and oxygen atoms in total. The Kier molecular flexibility index (Phi) is 5.59. The van der Waals surface area contributed by atoms with Crippen LogP contribution >= 0.6 is 11.6 Å². The number of halogens is 3. The van der Waals surface area contributed by atoms with Gasteiger partial charge in [0.25, 0.3) is 12.0 Å². The van der Waals surface area contributed by atoms with Crippen molar-refractivity contribution in [2.24, 2.45) is 0 Å². The van der Waals surface area contributed by atoms with E-state index in [1.54, 1.807) is 17.2 Å². The molecule has 0 N–H and O–H groups in total. The topological polar surface area (TPSA) is 72.1 Å². The summed E-state index contributed by atoms with van der Waals surface area (Å²) in [7, 11) is 0. The van der Waals surface area contributed by atoms with E-state index in [4.69, 9.17) is 11.6 Å². The Morgan fingerprint density at radius 2 is 1.76 bits per heavy atom. The van der Waals surface area contributed by atoms with Crippen molar-refractivity contribution in [3.8, 4) is 0 Å². The van der Waals surface area contributed by atoms with Gasteiger partial charge in [-0.15, -0.1) is 0 Å². The second kappa shape index (κ2) is 7.87. The maximum Gasteiger partial charge on any atom is 0.287 e. The molecule has 0 unspecified atom stereocenters. The van der Waals surface area contributed by atoms with Crippen LogP contribution in [0.15, 0.2) is 23.4 Å². The lowest BCUT2D eigenvalue weighted by molar-refractivity contribution is 0.119. The van der Waals surface area contributed by atoms with E-state index in [1.807, 2.05) is 4.90 Å². The molecule has 25 heavy (non-hydrogen) atoms. The standard InChI is InChI=1S/C14H18ClF2N7O/c15-13-11(9-20-23(14(13)25)10-12(16)17)22-6-3-21(4-7-22)5-8-24-18-1-2-19-24/h1-2,9,12H,3-8,10H2.